The van der Waals surface area contributed by atoms with Crippen molar-refractivity contribution in [1.29, 1.82) is 0 Å². The predicted octanol–water partition coefficient (Wildman–Crippen LogP) is 2.37. The molecular formula is C14H26N2. The molecule has 2 aliphatic rings. The first-order valence-corrected chi connectivity index (χ1v) is 6.87. The molecule has 1 fully saturated rings. The minimum Gasteiger partial charge on any atom is -0.301 e. The van der Waals surface area contributed by atoms with Crippen molar-refractivity contribution in [2.75, 3.05) is 32.7 Å². The second-order valence-corrected chi connectivity index (χ2v) is 5.58. The predicted molar refractivity (Wildman–Crippen MR) is 69.6 cm³/mol. The summed E-state index contributed by atoms with van der Waals surface area (Å²) < 4.78 is 0. The maximum atomic E-state index is 2.67. The molecule has 0 aromatic heterocycles. The highest BCUT2D eigenvalue weighted by molar-refractivity contribution is 4.91. The van der Waals surface area contributed by atoms with Crippen molar-refractivity contribution in [3.8, 4) is 0 Å². The van der Waals surface area contributed by atoms with Crippen LogP contribution in [0.1, 0.15) is 33.1 Å². The van der Waals surface area contributed by atoms with Crippen LogP contribution in [0.3, 0.4) is 0 Å². The molecule has 0 aromatic rings. The zero-order valence-electron chi connectivity index (χ0n) is 10.9. The summed E-state index contributed by atoms with van der Waals surface area (Å²) >= 11 is 0. The molecule has 0 unspecified atom stereocenters. The van der Waals surface area contributed by atoms with Crippen LogP contribution in [0, 0.1) is 5.92 Å². The van der Waals surface area contributed by atoms with Gasteiger partial charge in [0.05, 0.1) is 0 Å². The zero-order chi connectivity index (χ0) is 11.4. The number of allylic oxidation sites excluding steroid dienone is 2. The van der Waals surface area contributed by atoms with Gasteiger partial charge in [-0.2, -0.15) is 0 Å². The molecule has 0 radical (unpaired) electrons. The second-order valence-electron chi connectivity index (χ2n) is 5.58. The molecule has 0 saturated carbocycles. The van der Waals surface area contributed by atoms with Crippen LogP contribution in [-0.2, 0) is 0 Å². The monoisotopic (exact) mass is 222 g/mol. The van der Waals surface area contributed by atoms with Gasteiger partial charge in [0.1, 0.15) is 0 Å². The van der Waals surface area contributed by atoms with Gasteiger partial charge in [0.25, 0.3) is 0 Å². The van der Waals surface area contributed by atoms with E-state index in [4.69, 9.17) is 0 Å². The topological polar surface area (TPSA) is 6.48 Å². The number of nitrogens with zero attached hydrogens (tertiary/aromatic N) is 2. The van der Waals surface area contributed by atoms with Gasteiger partial charge in [-0.3, -0.25) is 4.90 Å². The van der Waals surface area contributed by atoms with Gasteiger partial charge in [-0.05, 0) is 39.0 Å². The lowest BCUT2D eigenvalue weighted by Crippen LogP contribution is -2.49. The standard InChI is InChI=1S/C14H26N2/c1-13(2)16-10-8-15(9-11-16)12-14-6-4-3-5-7-14/h3-4,13-14H,5-12H2,1-2H3/t14-/m0/s1. The van der Waals surface area contributed by atoms with Crippen LogP contribution in [0.15, 0.2) is 12.2 Å². The number of piperazine rings is 1. The molecule has 1 aliphatic carbocycles. The largest absolute Gasteiger partial charge is 0.301 e. The lowest BCUT2D eigenvalue weighted by molar-refractivity contribution is 0.0954. The van der Waals surface area contributed by atoms with Gasteiger partial charge in [0, 0.05) is 38.8 Å². The molecule has 0 aromatic carbocycles. The van der Waals surface area contributed by atoms with E-state index in [1.165, 1.54) is 52.0 Å². The van der Waals surface area contributed by atoms with E-state index in [1.54, 1.807) is 0 Å². The molecule has 92 valence electrons. The van der Waals surface area contributed by atoms with E-state index in [0.29, 0.717) is 0 Å². The summed E-state index contributed by atoms with van der Waals surface area (Å²) in [5.74, 6) is 0.926. The summed E-state index contributed by atoms with van der Waals surface area (Å²) in [6, 6.07) is 0.722. The first-order chi connectivity index (χ1) is 7.75. The number of hydrogen-bond acceptors (Lipinski definition) is 2. The highest BCUT2D eigenvalue weighted by atomic mass is 15.3. The average molecular weight is 222 g/mol. The van der Waals surface area contributed by atoms with Crippen molar-refractivity contribution < 1.29 is 0 Å². The first-order valence-electron chi connectivity index (χ1n) is 6.87. The normalized spacial score (nSPS) is 28.8. The fourth-order valence-corrected chi connectivity index (χ4v) is 2.85. The van der Waals surface area contributed by atoms with E-state index in [2.05, 4.69) is 35.8 Å². The Morgan fingerprint density at radius 3 is 2.44 bits per heavy atom. The van der Waals surface area contributed by atoms with Crippen LogP contribution in [0.2, 0.25) is 0 Å². The molecule has 1 atom stereocenters. The van der Waals surface area contributed by atoms with Gasteiger partial charge in [-0.1, -0.05) is 12.2 Å². The third-order valence-electron chi connectivity index (χ3n) is 4.03. The molecule has 0 bridgehead atoms. The van der Waals surface area contributed by atoms with Crippen LogP contribution < -0.4 is 0 Å². The Kier molecular flexibility index (Phi) is 4.42. The fourth-order valence-electron chi connectivity index (χ4n) is 2.85. The van der Waals surface area contributed by atoms with Crippen molar-refractivity contribution in [3.05, 3.63) is 12.2 Å². The van der Waals surface area contributed by atoms with Crippen molar-refractivity contribution in [1.82, 2.24) is 9.80 Å². The molecule has 2 rings (SSSR count). The van der Waals surface area contributed by atoms with Crippen molar-refractivity contribution in [2.24, 2.45) is 5.92 Å². The third kappa shape index (κ3) is 3.33. The van der Waals surface area contributed by atoms with E-state index < -0.39 is 0 Å². The van der Waals surface area contributed by atoms with E-state index >= 15 is 0 Å². The van der Waals surface area contributed by atoms with Gasteiger partial charge in [-0.25, -0.2) is 0 Å². The number of rotatable bonds is 3. The van der Waals surface area contributed by atoms with Crippen molar-refractivity contribution in [2.45, 2.75) is 39.2 Å². The summed E-state index contributed by atoms with van der Waals surface area (Å²) in [6.45, 7) is 11.0. The minimum absolute atomic E-state index is 0.722. The molecular weight excluding hydrogens is 196 g/mol. The smallest absolute Gasteiger partial charge is 0.0113 e. The molecule has 0 N–H and O–H groups in total. The van der Waals surface area contributed by atoms with E-state index in [9.17, 15) is 0 Å². The lowest BCUT2D eigenvalue weighted by atomic mass is 9.94. The summed E-state index contributed by atoms with van der Waals surface area (Å²) in [4.78, 5) is 5.26. The maximum absolute atomic E-state index is 2.67. The maximum Gasteiger partial charge on any atom is 0.0113 e. The third-order valence-corrected chi connectivity index (χ3v) is 4.03. The van der Waals surface area contributed by atoms with Gasteiger partial charge >= 0.3 is 0 Å². The Balaban J connectivity index is 1.70. The van der Waals surface area contributed by atoms with Gasteiger partial charge < -0.3 is 4.90 Å². The van der Waals surface area contributed by atoms with Gasteiger partial charge in [0.15, 0.2) is 0 Å². The molecule has 2 heteroatoms. The Morgan fingerprint density at radius 2 is 1.88 bits per heavy atom. The average Bonchev–Trinajstić information content (AvgIpc) is 2.31. The SMILES string of the molecule is CC(C)N1CCN(C[C@H]2CC=CCC2)CC1. The molecule has 16 heavy (non-hydrogen) atoms. The molecule has 1 saturated heterocycles. The summed E-state index contributed by atoms with van der Waals surface area (Å²) in [6.07, 6.45) is 8.73. The summed E-state index contributed by atoms with van der Waals surface area (Å²) in [5.41, 5.74) is 0. The molecule has 0 amide bonds. The zero-order valence-corrected chi connectivity index (χ0v) is 10.9. The first kappa shape index (κ1) is 12.1. The van der Waals surface area contributed by atoms with Crippen LogP contribution in [-0.4, -0.2) is 48.6 Å². The number of hydrogen-bond donors (Lipinski definition) is 0. The summed E-state index contributed by atoms with van der Waals surface area (Å²) in [5, 5.41) is 0. The molecule has 0 spiro atoms. The van der Waals surface area contributed by atoms with Crippen LogP contribution in [0.5, 0.6) is 0 Å². The second kappa shape index (κ2) is 5.83. The highest BCUT2D eigenvalue weighted by Gasteiger charge is 2.21. The van der Waals surface area contributed by atoms with Crippen LogP contribution in [0.25, 0.3) is 0 Å². The molecule has 1 heterocycles. The van der Waals surface area contributed by atoms with Gasteiger partial charge in [0.2, 0.25) is 0 Å². The highest BCUT2D eigenvalue weighted by Crippen LogP contribution is 2.20. The quantitative estimate of drug-likeness (QED) is 0.676. The Labute approximate surface area is 100 Å². The van der Waals surface area contributed by atoms with E-state index in [-0.39, 0.29) is 0 Å². The Hall–Kier alpha value is -0.340. The molecule has 1 aliphatic heterocycles. The van der Waals surface area contributed by atoms with E-state index in [1.807, 2.05) is 0 Å². The van der Waals surface area contributed by atoms with Crippen LogP contribution >= 0.6 is 0 Å². The Morgan fingerprint density at radius 1 is 1.12 bits per heavy atom. The minimum atomic E-state index is 0.722. The van der Waals surface area contributed by atoms with Crippen LogP contribution in [0.4, 0.5) is 0 Å². The van der Waals surface area contributed by atoms with E-state index in [0.717, 1.165) is 12.0 Å². The fraction of sp³-hybridized carbons (Fsp3) is 0.857. The summed E-state index contributed by atoms with van der Waals surface area (Å²) in [7, 11) is 0. The van der Waals surface area contributed by atoms with Crippen molar-refractivity contribution in [3.63, 3.8) is 0 Å². The lowest BCUT2D eigenvalue weighted by Gasteiger charge is -2.38. The van der Waals surface area contributed by atoms with Crippen molar-refractivity contribution >= 4 is 0 Å². The Bertz CT molecular complexity index is 227. The van der Waals surface area contributed by atoms with Gasteiger partial charge in [-0.15, -0.1) is 0 Å². The molecule has 2 nitrogen and oxygen atoms in total.